The van der Waals surface area contributed by atoms with Crippen molar-refractivity contribution >= 4 is 23.3 Å². The Bertz CT molecular complexity index is 554. The van der Waals surface area contributed by atoms with Crippen molar-refractivity contribution in [1.29, 1.82) is 0 Å². The Hall–Kier alpha value is -2.00. The summed E-state index contributed by atoms with van der Waals surface area (Å²) in [6, 6.07) is 16.2. The summed E-state index contributed by atoms with van der Waals surface area (Å²) in [6.07, 6.45) is 0. The van der Waals surface area contributed by atoms with E-state index >= 15 is 0 Å². The molecule has 0 aromatic heterocycles. The van der Waals surface area contributed by atoms with E-state index in [-0.39, 0.29) is 5.97 Å². The van der Waals surface area contributed by atoms with Gasteiger partial charge in [-0.1, -0.05) is 41.9 Å². The van der Waals surface area contributed by atoms with Crippen LogP contribution in [0.2, 0.25) is 5.02 Å². The van der Waals surface area contributed by atoms with Gasteiger partial charge in [0.15, 0.2) is 6.04 Å². The zero-order valence-electron chi connectivity index (χ0n) is 11.2. The first-order chi connectivity index (χ1) is 9.70. The van der Waals surface area contributed by atoms with Crippen LogP contribution in [0.1, 0.15) is 18.5 Å². The van der Waals surface area contributed by atoms with Gasteiger partial charge in [0.25, 0.3) is 0 Å². The van der Waals surface area contributed by atoms with Crippen molar-refractivity contribution in [3.05, 3.63) is 65.2 Å². The molecule has 0 amide bonds. The molecule has 4 heteroatoms. The van der Waals surface area contributed by atoms with E-state index < -0.39 is 6.04 Å². The van der Waals surface area contributed by atoms with Gasteiger partial charge in [-0.2, -0.15) is 0 Å². The summed E-state index contributed by atoms with van der Waals surface area (Å²) in [7, 11) is 0. The Labute approximate surface area is 123 Å². The lowest BCUT2D eigenvalue weighted by Crippen LogP contribution is -2.23. The zero-order chi connectivity index (χ0) is 14.4. The van der Waals surface area contributed by atoms with Crippen LogP contribution in [0.5, 0.6) is 0 Å². The number of carbonyl (C=O) groups is 1. The van der Waals surface area contributed by atoms with E-state index in [9.17, 15) is 4.79 Å². The largest absolute Gasteiger partial charge is 0.464 e. The number of hydrogen-bond donors (Lipinski definition) is 1. The fraction of sp³-hybridized carbons (Fsp3) is 0.188. The maximum Gasteiger partial charge on any atom is 0.333 e. The van der Waals surface area contributed by atoms with Crippen LogP contribution < -0.4 is 5.32 Å². The highest BCUT2D eigenvalue weighted by Gasteiger charge is 2.21. The highest BCUT2D eigenvalue weighted by Crippen LogP contribution is 2.22. The second kappa shape index (κ2) is 6.96. The Morgan fingerprint density at radius 2 is 1.80 bits per heavy atom. The zero-order valence-corrected chi connectivity index (χ0v) is 11.9. The predicted molar refractivity (Wildman–Crippen MR) is 80.9 cm³/mol. The molecule has 3 nitrogen and oxygen atoms in total. The smallest absolute Gasteiger partial charge is 0.333 e. The number of para-hydroxylation sites is 1. The molecule has 0 saturated carbocycles. The van der Waals surface area contributed by atoms with E-state index in [2.05, 4.69) is 5.32 Å². The summed E-state index contributed by atoms with van der Waals surface area (Å²) >= 11 is 5.88. The van der Waals surface area contributed by atoms with E-state index in [0.29, 0.717) is 11.6 Å². The quantitative estimate of drug-likeness (QED) is 0.844. The summed E-state index contributed by atoms with van der Waals surface area (Å²) in [4.78, 5) is 12.1. The van der Waals surface area contributed by atoms with Gasteiger partial charge in [-0.05, 0) is 36.8 Å². The van der Waals surface area contributed by atoms with E-state index in [1.54, 1.807) is 19.1 Å². The first-order valence-electron chi connectivity index (χ1n) is 6.44. The molecule has 0 aliphatic heterocycles. The molecule has 0 radical (unpaired) electrons. The van der Waals surface area contributed by atoms with Gasteiger partial charge >= 0.3 is 5.97 Å². The number of esters is 1. The minimum atomic E-state index is -0.547. The van der Waals surface area contributed by atoms with Gasteiger partial charge in [0.1, 0.15) is 0 Å². The summed E-state index contributed by atoms with van der Waals surface area (Å²) < 4.78 is 5.13. The molecular weight excluding hydrogens is 274 g/mol. The fourth-order valence-corrected chi connectivity index (χ4v) is 1.99. The second-order valence-electron chi connectivity index (χ2n) is 4.25. The van der Waals surface area contributed by atoms with Crippen LogP contribution in [-0.4, -0.2) is 12.6 Å². The molecule has 0 aliphatic rings. The van der Waals surface area contributed by atoms with Crippen molar-refractivity contribution < 1.29 is 9.53 Å². The topological polar surface area (TPSA) is 38.3 Å². The van der Waals surface area contributed by atoms with Crippen molar-refractivity contribution in [2.45, 2.75) is 13.0 Å². The van der Waals surface area contributed by atoms with Crippen LogP contribution in [0.3, 0.4) is 0 Å². The lowest BCUT2D eigenvalue weighted by Gasteiger charge is -2.18. The van der Waals surface area contributed by atoms with Gasteiger partial charge in [0.2, 0.25) is 0 Å². The van der Waals surface area contributed by atoms with Crippen LogP contribution in [0.15, 0.2) is 54.6 Å². The van der Waals surface area contributed by atoms with Crippen LogP contribution >= 0.6 is 11.6 Å². The van der Waals surface area contributed by atoms with Gasteiger partial charge in [-0.15, -0.1) is 0 Å². The van der Waals surface area contributed by atoms with Gasteiger partial charge in [-0.3, -0.25) is 0 Å². The Balaban J connectivity index is 2.25. The van der Waals surface area contributed by atoms with Crippen LogP contribution in [-0.2, 0) is 9.53 Å². The molecule has 0 fully saturated rings. The number of hydrogen-bond acceptors (Lipinski definition) is 3. The monoisotopic (exact) mass is 289 g/mol. The van der Waals surface area contributed by atoms with Gasteiger partial charge in [0, 0.05) is 10.7 Å². The van der Waals surface area contributed by atoms with Crippen molar-refractivity contribution in [2.75, 3.05) is 11.9 Å². The molecule has 0 saturated heterocycles. The summed E-state index contributed by atoms with van der Waals surface area (Å²) in [5.41, 5.74) is 1.68. The van der Waals surface area contributed by atoms with E-state index in [1.807, 2.05) is 42.5 Å². The third kappa shape index (κ3) is 3.75. The van der Waals surface area contributed by atoms with Crippen LogP contribution in [0.25, 0.3) is 0 Å². The Morgan fingerprint density at radius 3 is 2.40 bits per heavy atom. The van der Waals surface area contributed by atoms with E-state index in [0.717, 1.165) is 11.3 Å². The highest BCUT2D eigenvalue weighted by molar-refractivity contribution is 6.30. The first-order valence-corrected chi connectivity index (χ1v) is 6.82. The minimum Gasteiger partial charge on any atom is -0.464 e. The molecule has 20 heavy (non-hydrogen) atoms. The maximum absolute atomic E-state index is 12.1. The molecule has 2 aromatic carbocycles. The number of anilines is 1. The fourth-order valence-electron chi connectivity index (χ4n) is 1.86. The number of carbonyl (C=O) groups excluding carboxylic acids is 1. The van der Waals surface area contributed by atoms with Gasteiger partial charge in [-0.25, -0.2) is 4.79 Å². The standard InChI is InChI=1S/C16H16ClNO2/c1-2-20-16(19)15(12-8-10-13(17)11-9-12)18-14-6-4-3-5-7-14/h3-11,15,18H,2H2,1H3. The number of halogens is 1. The maximum atomic E-state index is 12.1. The van der Waals surface area contributed by atoms with Crippen LogP contribution in [0.4, 0.5) is 5.69 Å². The predicted octanol–water partition coefficient (Wildman–Crippen LogP) is 4.06. The number of ether oxygens (including phenoxy) is 1. The second-order valence-corrected chi connectivity index (χ2v) is 4.68. The molecule has 2 rings (SSSR count). The van der Waals surface area contributed by atoms with Crippen molar-refractivity contribution in [3.63, 3.8) is 0 Å². The summed E-state index contributed by atoms with van der Waals surface area (Å²) in [5, 5.41) is 3.82. The Kier molecular flexibility index (Phi) is 5.02. The minimum absolute atomic E-state index is 0.307. The summed E-state index contributed by atoms with van der Waals surface area (Å²) in [5.74, 6) is -0.307. The Morgan fingerprint density at radius 1 is 1.15 bits per heavy atom. The lowest BCUT2D eigenvalue weighted by atomic mass is 10.1. The third-order valence-corrected chi connectivity index (χ3v) is 3.06. The lowest BCUT2D eigenvalue weighted by molar-refractivity contribution is -0.144. The number of nitrogens with one attached hydrogen (secondary N) is 1. The van der Waals surface area contributed by atoms with Crippen molar-refractivity contribution in [2.24, 2.45) is 0 Å². The van der Waals surface area contributed by atoms with Crippen molar-refractivity contribution in [3.8, 4) is 0 Å². The SMILES string of the molecule is CCOC(=O)C(Nc1ccccc1)c1ccc(Cl)cc1. The average Bonchev–Trinajstić information content (AvgIpc) is 2.47. The summed E-state index contributed by atoms with van der Waals surface area (Å²) in [6.45, 7) is 2.14. The number of rotatable bonds is 5. The number of benzene rings is 2. The third-order valence-electron chi connectivity index (χ3n) is 2.81. The molecular formula is C16H16ClNO2. The molecule has 2 aromatic rings. The van der Waals surface area contributed by atoms with Gasteiger partial charge < -0.3 is 10.1 Å². The molecule has 0 bridgehead atoms. The normalized spacial score (nSPS) is 11.7. The first kappa shape index (κ1) is 14.4. The molecule has 0 heterocycles. The molecule has 1 atom stereocenters. The van der Waals surface area contributed by atoms with E-state index in [4.69, 9.17) is 16.3 Å². The molecule has 104 valence electrons. The molecule has 0 spiro atoms. The molecule has 0 aliphatic carbocycles. The highest BCUT2D eigenvalue weighted by atomic mass is 35.5. The van der Waals surface area contributed by atoms with Crippen molar-refractivity contribution in [1.82, 2.24) is 0 Å². The van der Waals surface area contributed by atoms with E-state index in [1.165, 1.54) is 0 Å². The average molecular weight is 290 g/mol. The molecule has 1 N–H and O–H groups in total. The van der Waals surface area contributed by atoms with Gasteiger partial charge in [0.05, 0.1) is 6.61 Å². The molecule has 1 unspecified atom stereocenters. The van der Waals surface area contributed by atoms with Crippen LogP contribution in [0, 0.1) is 0 Å².